The van der Waals surface area contributed by atoms with Gasteiger partial charge in [0.1, 0.15) is 4.32 Å². The van der Waals surface area contributed by atoms with Crippen LogP contribution in [0.1, 0.15) is 26.3 Å². The van der Waals surface area contributed by atoms with Crippen LogP contribution in [0.3, 0.4) is 0 Å². The third kappa shape index (κ3) is 2.09. The normalized spacial score (nSPS) is 21.9. The van der Waals surface area contributed by atoms with Gasteiger partial charge in [-0.25, -0.2) is 0 Å². The lowest BCUT2D eigenvalue weighted by Gasteiger charge is -2.30. The first kappa shape index (κ1) is 15.2. The van der Waals surface area contributed by atoms with Crippen LogP contribution < -0.4 is 4.90 Å². The van der Waals surface area contributed by atoms with Gasteiger partial charge in [-0.15, -0.1) is 0 Å². The van der Waals surface area contributed by atoms with Crippen molar-refractivity contribution < 1.29 is 9.59 Å². The van der Waals surface area contributed by atoms with Crippen LogP contribution in [0.15, 0.2) is 29.2 Å². The Labute approximate surface area is 139 Å². The van der Waals surface area contributed by atoms with Crippen molar-refractivity contribution in [2.75, 3.05) is 11.9 Å². The minimum absolute atomic E-state index is 0.157. The topological polar surface area (TPSA) is 40.6 Å². The molecule has 22 heavy (non-hydrogen) atoms. The molecule has 2 heterocycles. The van der Waals surface area contributed by atoms with Crippen LogP contribution in [0.5, 0.6) is 0 Å². The molecule has 0 aromatic heterocycles. The molecule has 1 saturated heterocycles. The second-order valence-corrected chi connectivity index (χ2v) is 7.91. The zero-order valence-corrected chi connectivity index (χ0v) is 14.5. The van der Waals surface area contributed by atoms with Crippen molar-refractivity contribution in [1.29, 1.82) is 0 Å². The second-order valence-electron chi connectivity index (χ2n) is 6.26. The highest BCUT2D eigenvalue weighted by molar-refractivity contribution is 8.26. The lowest BCUT2D eigenvalue weighted by Crippen LogP contribution is -2.44. The molecule has 2 aliphatic rings. The number of hydrogen-bond acceptors (Lipinski definition) is 4. The van der Waals surface area contributed by atoms with E-state index in [1.807, 2.05) is 45.0 Å². The largest absolute Gasteiger partial charge is 0.311 e. The summed E-state index contributed by atoms with van der Waals surface area (Å²) in [5.74, 6) is -0.341. The van der Waals surface area contributed by atoms with Crippen LogP contribution in [0.2, 0.25) is 0 Å². The predicted octanol–water partition coefficient (Wildman–Crippen LogP) is 3.03. The van der Waals surface area contributed by atoms with Crippen LogP contribution in [-0.4, -0.2) is 33.6 Å². The number of carbonyl (C=O) groups excluding carboxylic acids is 2. The number of rotatable bonds is 0. The summed E-state index contributed by atoms with van der Waals surface area (Å²) >= 11 is 6.57. The van der Waals surface area contributed by atoms with Gasteiger partial charge in [0.2, 0.25) is 0 Å². The Balaban J connectivity index is 2.18. The highest BCUT2D eigenvalue weighted by atomic mass is 32.2. The summed E-state index contributed by atoms with van der Waals surface area (Å²) in [6.45, 7) is 5.80. The monoisotopic (exact) mass is 332 g/mol. The molecule has 1 aromatic carbocycles. The molecular weight excluding hydrogens is 316 g/mol. The predicted molar refractivity (Wildman–Crippen MR) is 93.6 cm³/mol. The molecule has 0 bridgehead atoms. The Morgan fingerprint density at radius 2 is 1.73 bits per heavy atom. The molecule has 0 spiro atoms. The third-order valence-corrected chi connectivity index (χ3v) is 5.09. The highest BCUT2D eigenvalue weighted by Gasteiger charge is 2.44. The van der Waals surface area contributed by atoms with E-state index in [9.17, 15) is 9.59 Å². The van der Waals surface area contributed by atoms with Crippen molar-refractivity contribution in [2.24, 2.45) is 0 Å². The van der Waals surface area contributed by atoms with E-state index in [0.29, 0.717) is 14.8 Å². The fraction of sp³-hybridized carbons (Fsp3) is 0.312. The van der Waals surface area contributed by atoms with Crippen molar-refractivity contribution in [3.05, 3.63) is 34.7 Å². The van der Waals surface area contributed by atoms with E-state index in [2.05, 4.69) is 0 Å². The Kier molecular flexibility index (Phi) is 3.41. The van der Waals surface area contributed by atoms with Gasteiger partial charge < -0.3 is 4.90 Å². The first-order valence-corrected chi connectivity index (χ1v) is 8.14. The average molecular weight is 332 g/mol. The quantitative estimate of drug-likeness (QED) is 0.541. The Morgan fingerprint density at radius 1 is 1.09 bits per heavy atom. The minimum atomic E-state index is -0.406. The number of nitrogens with zero attached hydrogens (tertiary/aromatic N) is 2. The summed E-state index contributed by atoms with van der Waals surface area (Å²) in [7, 11) is 1.72. The zero-order chi connectivity index (χ0) is 16.2. The molecule has 1 aromatic rings. The van der Waals surface area contributed by atoms with Gasteiger partial charge in [-0.2, -0.15) is 0 Å². The first-order valence-electron chi connectivity index (χ1n) is 6.91. The van der Waals surface area contributed by atoms with Gasteiger partial charge in [-0.3, -0.25) is 14.5 Å². The molecular formula is C16H16N2O2S2. The standard InChI is InChI=1S/C16H16N2O2S2/c1-16(2,3)18-14(20)12(22-15(18)21)11-9-7-5-6-8-10(9)17(4)13(11)19/h5-8H,1-4H3. The molecule has 0 radical (unpaired) electrons. The number of anilines is 1. The SMILES string of the molecule is CN1C(=O)C(=C2SC(=S)N(C(C)(C)C)C2=O)c2ccccc21. The van der Waals surface area contributed by atoms with E-state index < -0.39 is 5.54 Å². The molecule has 0 N–H and O–H groups in total. The minimum Gasteiger partial charge on any atom is -0.311 e. The Hall–Kier alpha value is -1.66. The number of benzene rings is 1. The third-order valence-electron chi connectivity index (χ3n) is 3.72. The van der Waals surface area contributed by atoms with Crippen LogP contribution in [0.4, 0.5) is 5.69 Å². The molecule has 2 amide bonds. The molecule has 2 aliphatic heterocycles. The van der Waals surface area contributed by atoms with Crippen molar-refractivity contribution in [2.45, 2.75) is 26.3 Å². The van der Waals surface area contributed by atoms with Gasteiger partial charge >= 0.3 is 0 Å². The number of amides is 2. The smallest absolute Gasteiger partial charge is 0.267 e. The van der Waals surface area contributed by atoms with E-state index in [1.165, 1.54) is 11.8 Å². The highest BCUT2D eigenvalue weighted by Crippen LogP contribution is 2.45. The van der Waals surface area contributed by atoms with Gasteiger partial charge in [0.15, 0.2) is 0 Å². The fourth-order valence-electron chi connectivity index (χ4n) is 2.69. The zero-order valence-electron chi connectivity index (χ0n) is 12.8. The summed E-state index contributed by atoms with van der Waals surface area (Å²) in [6.07, 6.45) is 0. The molecule has 0 saturated carbocycles. The van der Waals surface area contributed by atoms with E-state index in [4.69, 9.17) is 12.2 Å². The van der Waals surface area contributed by atoms with Gasteiger partial charge in [0.05, 0.1) is 16.2 Å². The molecule has 0 aliphatic carbocycles. The number of likely N-dealkylation sites (N-methyl/N-ethyl adjacent to an activating group) is 1. The van der Waals surface area contributed by atoms with Gasteiger partial charge in [0, 0.05) is 18.2 Å². The van der Waals surface area contributed by atoms with Gasteiger partial charge in [-0.1, -0.05) is 42.2 Å². The molecule has 4 nitrogen and oxygen atoms in total. The van der Waals surface area contributed by atoms with Crippen LogP contribution >= 0.6 is 24.0 Å². The molecule has 6 heteroatoms. The second kappa shape index (κ2) is 4.93. The number of thiocarbonyl (C=S) groups is 1. The fourth-order valence-corrected chi connectivity index (χ4v) is 4.39. The van der Waals surface area contributed by atoms with Crippen molar-refractivity contribution in [3.63, 3.8) is 0 Å². The van der Waals surface area contributed by atoms with E-state index >= 15 is 0 Å². The first-order chi connectivity index (χ1) is 10.2. The van der Waals surface area contributed by atoms with Crippen molar-refractivity contribution >= 4 is 51.4 Å². The summed E-state index contributed by atoms with van der Waals surface area (Å²) in [5, 5.41) is 0. The van der Waals surface area contributed by atoms with Crippen molar-refractivity contribution in [1.82, 2.24) is 4.90 Å². The maximum absolute atomic E-state index is 12.8. The number of fused-ring (bicyclic) bond motifs is 1. The lowest BCUT2D eigenvalue weighted by atomic mass is 10.0. The van der Waals surface area contributed by atoms with Crippen LogP contribution in [0, 0.1) is 0 Å². The Bertz CT molecular complexity index is 747. The number of carbonyl (C=O) groups is 2. The molecule has 114 valence electrons. The molecule has 1 fully saturated rings. The Morgan fingerprint density at radius 3 is 2.32 bits per heavy atom. The summed E-state index contributed by atoms with van der Waals surface area (Å²) in [4.78, 5) is 29.0. The lowest BCUT2D eigenvalue weighted by molar-refractivity contribution is -0.125. The van der Waals surface area contributed by atoms with Crippen LogP contribution in [0.25, 0.3) is 5.57 Å². The van der Waals surface area contributed by atoms with E-state index in [0.717, 1.165) is 11.3 Å². The molecule has 0 unspecified atom stereocenters. The van der Waals surface area contributed by atoms with Gasteiger partial charge in [0.25, 0.3) is 11.8 Å². The summed E-state index contributed by atoms with van der Waals surface area (Å²) in [5.41, 5.74) is 1.67. The summed E-state index contributed by atoms with van der Waals surface area (Å²) < 4.78 is 0.500. The van der Waals surface area contributed by atoms with E-state index in [-0.39, 0.29) is 11.8 Å². The number of hydrogen-bond donors (Lipinski definition) is 0. The van der Waals surface area contributed by atoms with E-state index in [1.54, 1.807) is 16.8 Å². The maximum atomic E-state index is 12.8. The molecule has 0 atom stereocenters. The van der Waals surface area contributed by atoms with Crippen molar-refractivity contribution in [3.8, 4) is 0 Å². The maximum Gasteiger partial charge on any atom is 0.267 e. The van der Waals surface area contributed by atoms with Crippen LogP contribution in [-0.2, 0) is 9.59 Å². The molecule has 3 rings (SSSR count). The number of para-hydroxylation sites is 1. The number of thioether (sulfide) groups is 1. The summed E-state index contributed by atoms with van der Waals surface area (Å²) in [6, 6.07) is 7.50. The van der Waals surface area contributed by atoms with Gasteiger partial charge in [-0.05, 0) is 26.8 Å². The average Bonchev–Trinajstić information content (AvgIpc) is 2.85.